The summed E-state index contributed by atoms with van der Waals surface area (Å²) in [6, 6.07) is 10.6. The number of ether oxygens (including phenoxy) is 2. The molecule has 0 spiro atoms. The van der Waals surface area contributed by atoms with Crippen LogP contribution in [0.1, 0.15) is 23.0 Å². The number of aromatic nitrogens is 4. The Morgan fingerprint density at radius 2 is 1.97 bits per heavy atom. The first-order valence-corrected chi connectivity index (χ1v) is 10.2. The van der Waals surface area contributed by atoms with E-state index in [1.807, 2.05) is 19.1 Å². The molecule has 10 heteroatoms. The zero-order valence-electron chi connectivity index (χ0n) is 18.1. The largest absolute Gasteiger partial charge is 0.482 e. The summed E-state index contributed by atoms with van der Waals surface area (Å²) in [4.78, 5) is 32.7. The monoisotopic (exact) mass is 446 g/mol. The van der Waals surface area contributed by atoms with E-state index in [0.717, 1.165) is 22.0 Å². The van der Waals surface area contributed by atoms with Crippen molar-refractivity contribution in [3.8, 4) is 28.4 Å². The number of fused-ring (bicyclic) bond motifs is 1. The first-order valence-electron chi connectivity index (χ1n) is 10.2. The van der Waals surface area contributed by atoms with Crippen molar-refractivity contribution in [2.45, 2.75) is 13.8 Å². The smallest absolute Gasteiger partial charge is 0.344 e. The highest BCUT2D eigenvalue weighted by Crippen LogP contribution is 2.36. The minimum absolute atomic E-state index is 0.0813. The van der Waals surface area contributed by atoms with E-state index in [2.05, 4.69) is 20.2 Å². The average Bonchev–Trinajstić information content (AvgIpc) is 3.27. The highest BCUT2D eigenvalue weighted by molar-refractivity contribution is 6.04. The minimum atomic E-state index is -0.774. The molecule has 10 nitrogen and oxygen atoms in total. The summed E-state index contributed by atoms with van der Waals surface area (Å²) >= 11 is 0. The van der Waals surface area contributed by atoms with Gasteiger partial charge in [-0.15, -0.1) is 0 Å². The van der Waals surface area contributed by atoms with E-state index in [4.69, 9.17) is 20.9 Å². The van der Waals surface area contributed by atoms with E-state index in [0.29, 0.717) is 17.0 Å². The van der Waals surface area contributed by atoms with E-state index in [9.17, 15) is 9.59 Å². The van der Waals surface area contributed by atoms with Crippen LogP contribution in [0.15, 0.2) is 42.6 Å². The number of hydrogen-bond acceptors (Lipinski definition) is 8. The fraction of sp³-hybridized carbons (Fsp3) is 0.174. The quantitative estimate of drug-likeness (QED) is 0.365. The molecule has 5 N–H and O–H groups in total. The first kappa shape index (κ1) is 21.8. The van der Waals surface area contributed by atoms with Gasteiger partial charge in [0.15, 0.2) is 18.1 Å². The third kappa shape index (κ3) is 4.31. The number of nitrogen functional groups attached to an aromatic ring is 1. The van der Waals surface area contributed by atoms with Gasteiger partial charge in [0.25, 0.3) is 5.91 Å². The normalized spacial score (nSPS) is 10.8. The highest BCUT2D eigenvalue weighted by atomic mass is 16.6. The van der Waals surface area contributed by atoms with Gasteiger partial charge in [-0.25, -0.2) is 14.8 Å². The number of nitrogens with zero attached hydrogens (tertiary/aromatic N) is 3. The number of nitrogens with two attached hydrogens (primary N) is 2. The molecular formula is C23H22N6O4. The number of esters is 1. The molecule has 168 valence electrons. The highest BCUT2D eigenvalue weighted by Gasteiger charge is 2.21. The molecular weight excluding hydrogens is 424 g/mol. The van der Waals surface area contributed by atoms with Gasteiger partial charge in [-0.05, 0) is 37.6 Å². The third-order valence-corrected chi connectivity index (χ3v) is 5.00. The van der Waals surface area contributed by atoms with Crippen molar-refractivity contribution in [2.24, 2.45) is 5.73 Å². The van der Waals surface area contributed by atoms with Crippen LogP contribution in [0.4, 0.5) is 5.69 Å². The Hall–Kier alpha value is -4.47. The maximum Gasteiger partial charge on any atom is 0.344 e. The molecule has 2 aromatic heterocycles. The lowest BCUT2D eigenvalue weighted by molar-refractivity contribution is -0.145. The summed E-state index contributed by atoms with van der Waals surface area (Å²) in [5.74, 6) is -0.608. The van der Waals surface area contributed by atoms with Crippen molar-refractivity contribution in [3.05, 3.63) is 53.9 Å². The van der Waals surface area contributed by atoms with Crippen molar-refractivity contribution >= 4 is 28.5 Å². The Morgan fingerprint density at radius 1 is 1.15 bits per heavy atom. The number of hydrogen-bond donors (Lipinski definition) is 3. The number of carbonyl (C=O) groups excluding carboxylic acids is 2. The molecule has 2 heterocycles. The second-order valence-electron chi connectivity index (χ2n) is 7.23. The van der Waals surface area contributed by atoms with Gasteiger partial charge in [-0.2, -0.15) is 5.10 Å². The molecule has 0 atom stereocenters. The van der Waals surface area contributed by atoms with Crippen LogP contribution in [0.3, 0.4) is 0 Å². The maximum atomic E-state index is 12.2. The van der Waals surface area contributed by atoms with Crippen LogP contribution in [0.2, 0.25) is 0 Å². The molecule has 0 radical (unpaired) electrons. The number of carbonyl (C=O) groups is 2. The van der Waals surface area contributed by atoms with Crippen LogP contribution in [-0.4, -0.2) is 45.3 Å². The lowest BCUT2D eigenvalue weighted by Crippen LogP contribution is -2.18. The van der Waals surface area contributed by atoms with Crippen LogP contribution in [-0.2, 0) is 9.53 Å². The topological polar surface area (TPSA) is 159 Å². The number of aryl methyl sites for hydroxylation is 1. The Morgan fingerprint density at radius 3 is 2.73 bits per heavy atom. The zero-order valence-corrected chi connectivity index (χ0v) is 18.1. The zero-order chi connectivity index (χ0) is 23.5. The molecule has 0 aliphatic carbocycles. The van der Waals surface area contributed by atoms with Gasteiger partial charge in [0, 0.05) is 16.5 Å². The predicted octanol–water partition coefficient (Wildman–Crippen LogP) is 2.62. The Balaban J connectivity index is 1.83. The van der Waals surface area contributed by atoms with E-state index in [1.54, 1.807) is 37.4 Å². The Bertz CT molecular complexity index is 1360. The third-order valence-electron chi connectivity index (χ3n) is 5.00. The van der Waals surface area contributed by atoms with E-state index < -0.39 is 11.9 Å². The van der Waals surface area contributed by atoms with Gasteiger partial charge in [0.2, 0.25) is 0 Å². The van der Waals surface area contributed by atoms with Crippen molar-refractivity contribution in [1.29, 1.82) is 0 Å². The van der Waals surface area contributed by atoms with Crippen LogP contribution in [0, 0.1) is 6.92 Å². The fourth-order valence-corrected chi connectivity index (χ4v) is 3.49. The number of aromatic amines is 1. The van der Waals surface area contributed by atoms with Crippen LogP contribution in [0.25, 0.3) is 33.5 Å². The van der Waals surface area contributed by atoms with E-state index >= 15 is 0 Å². The number of rotatable bonds is 7. The van der Waals surface area contributed by atoms with Gasteiger partial charge in [0.05, 0.1) is 29.7 Å². The first-order chi connectivity index (χ1) is 15.9. The Kier molecular flexibility index (Phi) is 5.90. The SMILES string of the molecule is CCOC(=O)COc1cccc(-c2nc(C(N)=O)c(N)c(-c3c(C)ccc4[nH]ncc34)n2)c1. The van der Waals surface area contributed by atoms with Crippen LogP contribution < -0.4 is 16.2 Å². The maximum absolute atomic E-state index is 12.2. The van der Waals surface area contributed by atoms with Gasteiger partial charge in [-0.3, -0.25) is 9.89 Å². The van der Waals surface area contributed by atoms with Crippen LogP contribution >= 0.6 is 0 Å². The summed E-state index contributed by atoms with van der Waals surface area (Å²) in [6.45, 7) is 3.66. The molecule has 0 unspecified atom stereocenters. The molecule has 0 aliphatic rings. The number of benzene rings is 2. The average molecular weight is 446 g/mol. The second kappa shape index (κ2) is 8.95. The molecule has 1 amide bonds. The lowest BCUT2D eigenvalue weighted by Gasteiger charge is -2.14. The molecule has 33 heavy (non-hydrogen) atoms. The predicted molar refractivity (Wildman–Crippen MR) is 122 cm³/mol. The summed E-state index contributed by atoms with van der Waals surface area (Å²) in [6.07, 6.45) is 1.67. The molecule has 2 aromatic carbocycles. The van der Waals surface area contributed by atoms with Gasteiger partial charge < -0.3 is 20.9 Å². The molecule has 0 aliphatic heterocycles. The van der Waals surface area contributed by atoms with Crippen molar-refractivity contribution in [1.82, 2.24) is 20.2 Å². The van der Waals surface area contributed by atoms with Gasteiger partial charge in [-0.1, -0.05) is 18.2 Å². The van der Waals surface area contributed by atoms with Crippen molar-refractivity contribution in [3.63, 3.8) is 0 Å². The van der Waals surface area contributed by atoms with Crippen molar-refractivity contribution in [2.75, 3.05) is 18.9 Å². The number of nitrogens with one attached hydrogen (secondary N) is 1. The molecule has 4 aromatic rings. The molecule has 0 fully saturated rings. The van der Waals surface area contributed by atoms with E-state index in [1.165, 1.54) is 0 Å². The molecule has 0 saturated carbocycles. The number of anilines is 1. The van der Waals surface area contributed by atoms with Crippen LogP contribution in [0.5, 0.6) is 5.75 Å². The molecule has 0 bridgehead atoms. The molecule has 0 saturated heterocycles. The number of primary amides is 1. The van der Waals surface area contributed by atoms with Gasteiger partial charge >= 0.3 is 5.97 Å². The summed E-state index contributed by atoms with van der Waals surface area (Å²) in [5.41, 5.74) is 15.2. The lowest BCUT2D eigenvalue weighted by atomic mass is 9.99. The van der Waals surface area contributed by atoms with Gasteiger partial charge in [0.1, 0.15) is 5.75 Å². The standard InChI is InChI=1S/C23H22N6O4/c1-3-32-17(30)11-33-14-6-4-5-13(9-14)23-27-20(19(24)21(28-23)22(25)31)18-12(2)7-8-16-15(18)10-26-29-16/h4-10H,3,11,24H2,1-2H3,(H2,25,31)(H,26,29). The summed E-state index contributed by atoms with van der Waals surface area (Å²) in [7, 11) is 0. The minimum Gasteiger partial charge on any atom is -0.482 e. The summed E-state index contributed by atoms with van der Waals surface area (Å²) < 4.78 is 10.4. The van der Waals surface area contributed by atoms with E-state index in [-0.39, 0.29) is 30.4 Å². The second-order valence-corrected chi connectivity index (χ2v) is 7.23. The molecule has 4 rings (SSSR count). The Labute approximate surface area is 188 Å². The number of amides is 1. The number of H-pyrrole nitrogens is 1. The summed E-state index contributed by atoms with van der Waals surface area (Å²) in [5, 5.41) is 7.82. The van der Waals surface area contributed by atoms with Crippen molar-refractivity contribution < 1.29 is 19.1 Å². The fourth-order valence-electron chi connectivity index (χ4n) is 3.49.